The minimum atomic E-state index is 0.412. The van der Waals surface area contributed by atoms with Crippen molar-refractivity contribution in [2.45, 2.75) is 52.4 Å². The SMILES string of the molecule is CC(C)C1(C(C)C)CCCc2ccccc21.OO. The molecule has 1 aromatic carbocycles. The van der Waals surface area contributed by atoms with Gasteiger partial charge in [-0.25, -0.2) is 0 Å². The zero-order valence-electron chi connectivity index (χ0n) is 12.0. The average Bonchev–Trinajstić information content (AvgIpc) is 2.39. The van der Waals surface area contributed by atoms with E-state index < -0.39 is 0 Å². The van der Waals surface area contributed by atoms with Crippen LogP contribution in [-0.4, -0.2) is 10.5 Å². The fourth-order valence-electron chi connectivity index (χ4n) is 3.76. The van der Waals surface area contributed by atoms with E-state index in [0.717, 1.165) is 11.8 Å². The van der Waals surface area contributed by atoms with E-state index in [2.05, 4.69) is 52.0 Å². The number of fused-ring (bicyclic) bond motifs is 1. The molecule has 0 amide bonds. The van der Waals surface area contributed by atoms with Gasteiger partial charge in [0.2, 0.25) is 0 Å². The number of benzene rings is 1. The maximum absolute atomic E-state index is 6.00. The lowest BCUT2D eigenvalue weighted by molar-refractivity contribution is -0.176. The molecule has 0 saturated heterocycles. The van der Waals surface area contributed by atoms with E-state index in [1.165, 1.54) is 19.3 Å². The summed E-state index contributed by atoms with van der Waals surface area (Å²) in [4.78, 5) is 0. The molecule has 0 heterocycles. The molecule has 0 unspecified atom stereocenters. The molecule has 2 nitrogen and oxygen atoms in total. The van der Waals surface area contributed by atoms with Gasteiger partial charge in [0, 0.05) is 5.41 Å². The summed E-state index contributed by atoms with van der Waals surface area (Å²) >= 11 is 0. The van der Waals surface area contributed by atoms with Crippen LogP contribution in [0.2, 0.25) is 0 Å². The highest BCUT2D eigenvalue weighted by atomic mass is 17.0. The minimum Gasteiger partial charge on any atom is -0.255 e. The van der Waals surface area contributed by atoms with Crippen LogP contribution in [0, 0.1) is 11.8 Å². The summed E-state index contributed by atoms with van der Waals surface area (Å²) in [6, 6.07) is 9.10. The van der Waals surface area contributed by atoms with Crippen molar-refractivity contribution in [1.82, 2.24) is 0 Å². The summed E-state index contributed by atoms with van der Waals surface area (Å²) in [7, 11) is 0. The summed E-state index contributed by atoms with van der Waals surface area (Å²) < 4.78 is 0. The first-order valence-electron chi connectivity index (χ1n) is 6.87. The Morgan fingerprint density at radius 1 is 1.00 bits per heavy atom. The molecular weight excluding hydrogens is 224 g/mol. The zero-order chi connectivity index (χ0) is 13.8. The van der Waals surface area contributed by atoms with Crippen LogP contribution in [-0.2, 0) is 11.8 Å². The third-order valence-electron chi connectivity index (χ3n) is 4.62. The second-order valence-electron chi connectivity index (χ2n) is 5.86. The van der Waals surface area contributed by atoms with Gasteiger partial charge in [-0.05, 0) is 42.2 Å². The Kier molecular flexibility index (Phi) is 5.36. The Bertz CT molecular complexity index is 361. The predicted molar refractivity (Wildman–Crippen MR) is 76.0 cm³/mol. The Balaban J connectivity index is 0.000000771. The molecule has 0 aliphatic heterocycles. The van der Waals surface area contributed by atoms with Gasteiger partial charge in [-0.3, -0.25) is 10.5 Å². The van der Waals surface area contributed by atoms with Crippen molar-refractivity contribution in [3.8, 4) is 0 Å². The summed E-state index contributed by atoms with van der Waals surface area (Å²) in [5.41, 5.74) is 3.64. The summed E-state index contributed by atoms with van der Waals surface area (Å²) in [5.74, 6) is 1.46. The molecule has 0 radical (unpaired) electrons. The molecule has 0 atom stereocenters. The van der Waals surface area contributed by atoms with Crippen LogP contribution in [0.25, 0.3) is 0 Å². The van der Waals surface area contributed by atoms with Crippen molar-refractivity contribution >= 4 is 0 Å². The van der Waals surface area contributed by atoms with Gasteiger partial charge in [0.25, 0.3) is 0 Å². The standard InChI is InChI=1S/C16H24.H2O2/c1-12(2)16(13(3)4)11-7-9-14-8-5-6-10-15(14)16;1-2/h5-6,8,10,12-13H,7,9,11H2,1-4H3;1-2H. The molecule has 2 N–H and O–H groups in total. The topological polar surface area (TPSA) is 40.5 Å². The van der Waals surface area contributed by atoms with E-state index >= 15 is 0 Å². The van der Waals surface area contributed by atoms with Crippen LogP contribution < -0.4 is 0 Å². The van der Waals surface area contributed by atoms with Gasteiger partial charge in [-0.1, -0.05) is 52.0 Å². The molecule has 1 aliphatic carbocycles. The van der Waals surface area contributed by atoms with E-state index in [1.807, 2.05) is 0 Å². The van der Waals surface area contributed by atoms with Crippen LogP contribution in [0.5, 0.6) is 0 Å². The lowest BCUT2D eigenvalue weighted by atomic mass is 9.58. The fraction of sp³-hybridized carbons (Fsp3) is 0.625. The van der Waals surface area contributed by atoms with E-state index in [-0.39, 0.29) is 0 Å². The molecule has 0 fully saturated rings. The van der Waals surface area contributed by atoms with Crippen molar-refractivity contribution in [2.24, 2.45) is 11.8 Å². The van der Waals surface area contributed by atoms with Gasteiger partial charge in [-0.15, -0.1) is 0 Å². The highest BCUT2D eigenvalue weighted by Crippen LogP contribution is 2.47. The molecule has 18 heavy (non-hydrogen) atoms. The molecule has 0 saturated carbocycles. The third kappa shape index (κ3) is 2.45. The van der Waals surface area contributed by atoms with Crippen LogP contribution >= 0.6 is 0 Å². The maximum atomic E-state index is 6.00. The lowest BCUT2D eigenvalue weighted by Crippen LogP contribution is -2.41. The van der Waals surface area contributed by atoms with Crippen molar-refractivity contribution in [1.29, 1.82) is 0 Å². The van der Waals surface area contributed by atoms with Gasteiger partial charge >= 0.3 is 0 Å². The number of rotatable bonds is 2. The monoisotopic (exact) mass is 250 g/mol. The van der Waals surface area contributed by atoms with Gasteiger partial charge in [0.1, 0.15) is 0 Å². The predicted octanol–water partition coefficient (Wildman–Crippen LogP) is 4.59. The highest BCUT2D eigenvalue weighted by Gasteiger charge is 2.41. The lowest BCUT2D eigenvalue weighted by Gasteiger charge is -2.46. The summed E-state index contributed by atoms with van der Waals surface area (Å²) in [6.45, 7) is 9.56. The highest BCUT2D eigenvalue weighted by molar-refractivity contribution is 5.37. The smallest absolute Gasteiger partial charge is 0.000179 e. The first-order chi connectivity index (χ1) is 8.59. The minimum absolute atomic E-state index is 0.412. The largest absolute Gasteiger partial charge is 0.255 e. The van der Waals surface area contributed by atoms with Crippen LogP contribution in [0.3, 0.4) is 0 Å². The normalized spacial score (nSPS) is 17.1. The van der Waals surface area contributed by atoms with E-state index in [1.54, 1.807) is 11.1 Å². The zero-order valence-corrected chi connectivity index (χ0v) is 12.0. The number of hydrogen-bond acceptors (Lipinski definition) is 2. The average molecular weight is 250 g/mol. The quantitative estimate of drug-likeness (QED) is 0.595. The fourth-order valence-corrected chi connectivity index (χ4v) is 3.76. The molecule has 102 valence electrons. The maximum Gasteiger partial charge on any atom is 0.000179 e. The van der Waals surface area contributed by atoms with Gasteiger partial charge < -0.3 is 0 Å². The summed E-state index contributed by atoms with van der Waals surface area (Å²) in [6.07, 6.45) is 3.99. The second kappa shape index (κ2) is 6.35. The van der Waals surface area contributed by atoms with Crippen molar-refractivity contribution in [2.75, 3.05) is 0 Å². The third-order valence-corrected chi connectivity index (χ3v) is 4.62. The van der Waals surface area contributed by atoms with E-state index in [0.29, 0.717) is 5.41 Å². The molecule has 0 aromatic heterocycles. The summed E-state index contributed by atoms with van der Waals surface area (Å²) in [5, 5.41) is 12.0. The van der Waals surface area contributed by atoms with Crippen molar-refractivity contribution < 1.29 is 10.5 Å². The molecule has 1 aromatic rings. The van der Waals surface area contributed by atoms with Gasteiger partial charge in [-0.2, -0.15) is 0 Å². The van der Waals surface area contributed by atoms with Gasteiger partial charge in [0.15, 0.2) is 0 Å². The first-order valence-corrected chi connectivity index (χ1v) is 6.87. The molecular formula is C16H26O2. The van der Waals surface area contributed by atoms with E-state index in [4.69, 9.17) is 10.5 Å². The molecule has 0 bridgehead atoms. The molecule has 2 rings (SSSR count). The van der Waals surface area contributed by atoms with E-state index in [9.17, 15) is 0 Å². The first kappa shape index (κ1) is 15.2. The van der Waals surface area contributed by atoms with Crippen molar-refractivity contribution in [3.63, 3.8) is 0 Å². The second-order valence-corrected chi connectivity index (χ2v) is 5.86. The molecule has 2 heteroatoms. The molecule has 0 spiro atoms. The Hall–Kier alpha value is -0.860. The number of aryl methyl sites for hydroxylation is 1. The van der Waals surface area contributed by atoms with Crippen LogP contribution in [0.15, 0.2) is 24.3 Å². The molecule has 1 aliphatic rings. The van der Waals surface area contributed by atoms with Crippen LogP contribution in [0.1, 0.15) is 51.7 Å². The van der Waals surface area contributed by atoms with Crippen molar-refractivity contribution in [3.05, 3.63) is 35.4 Å². The number of hydrogen-bond donors (Lipinski definition) is 2. The van der Waals surface area contributed by atoms with Crippen LogP contribution in [0.4, 0.5) is 0 Å². The van der Waals surface area contributed by atoms with Gasteiger partial charge in [0.05, 0.1) is 0 Å². The Morgan fingerprint density at radius 3 is 2.11 bits per heavy atom. The Labute approximate surface area is 111 Å². The Morgan fingerprint density at radius 2 is 1.56 bits per heavy atom.